The number of hydrogen-bond donors (Lipinski definition) is 0. The fourth-order valence-corrected chi connectivity index (χ4v) is 4.85. The lowest BCUT2D eigenvalue weighted by Gasteiger charge is -2.43. The van der Waals surface area contributed by atoms with Gasteiger partial charge in [0.05, 0.1) is 4.75 Å². The van der Waals surface area contributed by atoms with E-state index in [1.54, 1.807) is 0 Å². The van der Waals surface area contributed by atoms with Gasteiger partial charge in [-0.1, -0.05) is 72.3 Å². The van der Waals surface area contributed by atoms with Crippen molar-refractivity contribution in [1.29, 1.82) is 0 Å². The fourth-order valence-electron chi connectivity index (χ4n) is 3.31. The van der Waals surface area contributed by atoms with E-state index in [-0.39, 0.29) is 10.7 Å². The quantitative estimate of drug-likeness (QED) is 0.594. The average Bonchev–Trinajstić information content (AvgIpc) is 2.57. The monoisotopic (exact) mass is 308 g/mol. The first kappa shape index (κ1) is 15.1. The fraction of sp³-hybridized carbons (Fsp3) is 0.250. The minimum Gasteiger partial charge on any atom is -0.303 e. The maximum absolute atomic E-state index is 11.3. The molecule has 0 fully saturated rings. The molecular weight excluding hydrogens is 288 g/mol. The summed E-state index contributed by atoms with van der Waals surface area (Å²) in [5, 5.41) is 0. The Bertz CT molecular complexity index is 621. The van der Waals surface area contributed by atoms with Crippen LogP contribution in [0.1, 0.15) is 24.5 Å². The molecule has 22 heavy (non-hydrogen) atoms. The predicted molar refractivity (Wildman–Crippen MR) is 94.1 cm³/mol. The zero-order chi connectivity index (χ0) is 15.4. The highest BCUT2D eigenvalue weighted by Gasteiger charge is 2.43. The Labute approximate surface area is 136 Å². The Morgan fingerprint density at radius 2 is 1.59 bits per heavy atom. The van der Waals surface area contributed by atoms with Crippen LogP contribution in [0.5, 0.6) is 0 Å². The highest BCUT2D eigenvalue weighted by atomic mass is 32.2. The number of aldehydes is 1. The molecule has 0 amide bonds. The second-order valence-corrected chi connectivity index (χ2v) is 7.00. The van der Waals surface area contributed by atoms with Crippen LogP contribution in [0.3, 0.4) is 0 Å². The summed E-state index contributed by atoms with van der Waals surface area (Å²) in [5.41, 5.74) is 3.92. The molecular formula is C20H20OS. The molecule has 2 aromatic carbocycles. The molecule has 0 saturated heterocycles. The molecule has 0 saturated carbocycles. The van der Waals surface area contributed by atoms with Crippen LogP contribution < -0.4 is 0 Å². The van der Waals surface area contributed by atoms with Gasteiger partial charge in [0.2, 0.25) is 0 Å². The van der Waals surface area contributed by atoms with Crippen LogP contribution in [0.4, 0.5) is 0 Å². The van der Waals surface area contributed by atoms with Crippen molar-refractivity contribution in [2.75, 3.05) is 5.75 Å². The van der Waals surface area contributed by atoms with Gasteiger partial charge in [0.1, 0.15) is 6.29 Å². The van der Waals surface area contributed by atoms with Crippen LogP contribution in [0.25, 0.3) is 0 Å². The topological polar surface area (TPSA) is 17.1 Å². The van der Waals surface area contributed by atoms with Crippen molar-refractivity contribution in [3.63, 3.8) is 0 Å². The third kappa shape index (κ3) is 2.64. The number of allylic oxidation sites excluding steroid dienone is 1. The van der Waals surface area contributed by atoms with Crippen LogP contribution in [0.15, 0.2) is 72.3 Å². The Kier molecular flexibility index (Phi) is 4.49. The van der Waals surface area contributed by atoms with Gasteiger partial charge in [-0.15, -0.1) is 11.8 Å². The van der Waals surface area contributed by atoms with E-state index >= 15 is 0 Å². The van der Waals surface area contributed by atoms with Gasteiger partial charge in [-0.3, -0.25) is 0 Å². The highest BCUT2D eigenvalue weighted by Crippen LogP contribution is 2.53. The Hall–Kier alpha value is -1.80. The molecule has 1 atom stereocenters. The van der Waals surface area contributed by atoms with E-state index in [0.717, 1.165) is 12.0 Å². The molecule has 2 heteroatoms. The van der Waals surface area contributed by atoms with Gasteiger partial charge in [-0.25, -0.2) is 0 Å². The van der Waals surface area contributed by atoms with Crippen molar-refractivity contribution in [3.05, 3.63) is 83.4 Å². The van der Waals surface area contributed by atoms with Crippen LogP contribution >= 0.6 is 11.8 Å². The Balaban J connectivity index is 2.21. The first-order chi connectivity index (χ1) is 10.8. The van der Waals surface area contributed by atoms with Gasteiger partial charge in [0, 0.05) is 18.1 Å². The molecule has 0 spiro atoms. The number of benzene rings is 2. The zero-order valence-electron chi connectivity index (χ0n) is 12.7. The van der Waals surface area contributed by atoms with Gasteiger partial charge < -0.3 is 4.79 Å². The molecule has 3 rings (SSSR count). The normalized spacial score (nSPS) is 20.2. The molecule has 0 aromatic heterocycles. The SMILES string of the molecule is CC1=C[C@H](CC=O)C(c2ccccc2)(c2ccccc2)SC1. The van der Waals surface area contributed by atoms with Crippen LogP contribution in [0.2, 0.25) is 0 Å². The summed E-state index contributed by atoms with van der Waals surface area (Å²) in [6.45, 7) is 2.16. The summed E-state index contributed by atoms with van der Waals surface area (Å²) in [6, 6.07) is 21.2. The lowest BCUT2D eigenvalue weighted by atomic mass is 9.77. The highest BCUT2D eigenvalue weighted by molar-refractivity contribution is 8.00. The minimum absolute atomic E-state index is 0.178. The second kappa shape index (κ2) is 6.53. The van der Waals surface area contributed by atoms with E-state index in [4.69, 9.17) is 0 Å². The molecule has 1 heterocycles. The molecule has 0 aliphatic carbocycles. The molecule has 0 N–H and O–H groups in total. The third-order valence-corrected chi connectivity index (χ3v) is 6.12. The maximum atomic E-state index is 11.3. The number of rotatable bonds is 4. The van der Waals surface area contributed by atoms with E-state index in [1.165, 1.54) is 16.7 Å². The van der Waals surface area contributed by atoms with E-state index < -0.39 is 0 Å². The Morgan fingerprint density at radius 3 is 2.09 bits per heavy atom. The average molecular weight is 308 g/mol. The van der Waals surface area contributed by atoms with E-state index in [0.29, 0.717) is 6.42 Å². The first-order valence-corrected chi connectivity index (χ1v) is 8.62. The molecule has 0 unspecified atom stereocenters. The van der Waals surface area contributed by atoms with Gasteiger partial charge in [-0.05, 0) is 18.1 Å². The summed E-state index contributed by atoms with van der Waals surface area (Å²) in [4.78, 5) is 11.3. The van der Waals surface area contributed by atoms with Crippen molar-refractivity contribution in [2.24, 2.45) is 5.92 Å². The Morgan fingerprint density at radius 1 is 1.05 bits per heavy atom. The van der Waals surface area contributed by atoms with Crippen molar-refractivity contribution < 1.29 is 4.79 Å². The van der Waals surface area contributed by atoms with Crippen molar-refractivity contribution in [2.45, 2.75) is 18.1 Å². The van der Waals surface area contributed by atoms with Gasteiger partial charge >= 0.3 is 0 Å². The lowest BCUT2D eigenvalue weighted by molar-refractivity contribution is -0.108. The van der Waals surface area contributed by atoms with E-state index in [9.17, 15) is 4.79 Å². The second-order valence-electron chi connectivity index (χ2n) is 5.78. The number of hydrogen-bond acceptors (Lipinski definition) is 2. The number of carbonyl (C=O) groups is 1. The summed E-state index contributed by atoms with van der Waals surface area (Å²) in [7, 11) is 0. The molecule has 1 aliphatic heterocycles. The van der Waals surface area contributed by atoms with Crippen LogP contribution in [0, 0.1) is 5.92 Å². The molecule has 2 aromatic rings. The van der Waals surface area contributed by atoms with Gasteiger partial charge in [0.25, 0.3) is 0 Å². The van der Waals surface area contributed by atoms with E-state index in [2.05, 4.69) is 61.5 Å². The predicted octanol–water partition coefficient (Wildman–Crippen LogP) is 4.83. The number of carbonyl (C=O) groups excluding carboxylic acids is 1. The van der Waals surface area contributed by atoms with Crippen molar-refractivity contribution in [3.8, 4) is 0 Å². The molecule has 1 nitrogen and oxygen atoms in total. The van der Waals surface area contributed by atoms with Crippen LogP contribution in [-0.2, 0) is 9.54 Å². The van der Waals surface area contributed by atoms with Gasteiger partial charge in [-0.2, -0.15) is 0 Å². The minimum atomic E-state index is -0.178. The van der Waals surface area contributed by atoms with E-state index in [1.807, 2.05) is 23.9 Å². The molecule has 1 aliphatic rings. The zero-order valence-corrected chi connectivity index (χ0v) is 13.6. The lowest BCUT2D eigenvalue weighted by Crippen LogP contribution is -2.35. The largest absolute Gasteiger partial charge is 0.303 e. The van der Waals surface area contributed by atoms with Crippen molar-refractivity contribution >= 4 is 18.0 Å². The smallest absolute Gasteiger partial charge is 0.120 e. The van der Waals surface area contributed by atoms with Crippen LogP contribution in [-0.4, -0.2) is 12.0 Å². The summed E-state index contributed by atoms with van der Waals surface area (Å²) in [5.74, 6) is 1.19. The first-order valence-electron chi connectivity index (χ1n) is 7.63. The number of thioether (sulfide) groups is 1. The standard InChI is InChI=1S/C20H20OS/c1-16-14-19(12-13-21)20(22-15-16,17-8-4-2-5-9-17)18-10-6-3-7-11-18/h2-11,13-14,19H,12,15H2,1H3/t19-/m0/s1. The van der Waals surface area contributed by atoms with Gasteiger partial charge in [0.15, 0.2) is 0 Å². The maximum Gasteiger partial charge on any atom is 0.120 e. The molecule has 0 radical (unpaired) electrons. The summed E-state index contributed by atoms with van der Waals surface area (Å²) >= 11 is 1.95. The molecule has 112 valence electrons. The molecule has 0 bridgehead atoms. The van der Waals surface area contributed by atoms with Crippen molar-refractivity contribution in [1.82, 2.24) is 0 Å². The summed E-state index contributed by atoms with van der Waals surface area (Å²) in [6.07, 6.45) is 3.90. The summed E-state index contributed by atoms with van der Waals surface area (Å²) < 4.78 is -0.178. The third-order valence-electron chi connectivity index (χ3n) is 4.29.